The fourth-order valence-electron chi connectivity index (χ4n) is 3.29. The summed E-state index contributed by atoms with van der Waals surface area (Å²) in [6.45, 7) is 1.33. The Kier molecular flexibility index (Phi) is 8.27. The maximum absolute atomic E-state index is 6.33. The summed E-state index contributed by atoms with van der Waals surface area (Å²) in [5.74, 6) is 1.58. The number of hydrogen-bond acceptors (Lipinski definition) is 6. The molecule has 170 valence electrons. The van der Waals surface area contributed by atoms with Gasteiger partial charge >= 0.3 is 202 Å². The Morgan fingerprint density at radius 2 is 1.27 bits per heavy atom. The molecule has 6 nitrogen and oxygen atoms in total. The van der Waals surface area contributed by atoms with Gasteiger partial charge in [-0.15, -0.1) is 0 Å². The molecule has 0 atom stereocenters. The summed E-state index contributed by atoms with van der Waals surface area (Å²) in [7, 11) is 0. The molecule has 0 spiro atoms. The van der Waals surface area contributed by atoms with Crippen LogP contribution < -0.4 is 20.5 Å². The summed E-state index contributed by atoms with van der Waals surface area (Å²) in [5, 5.41) is 3.43. The quantitative estimate of drug-likeness (QED) is 0.299. The first kappa shape index (κ1) is 23.6. The molecule has 8 heteroatoms. The Labute approximate surface area is 202 Å². The van der Waals surface area contributed by atoms with Gasteiger partial charge in [0.1, 0.15) is 0 Å². The Hall–Kier alpha value is -2.53. The molecule has 4 rings (SSSR count). The number of nitrogens with one attached hydrogen (secondary N) is 1. The van der Waals surface area contributed by atoms with E-state index in [0.717, 1.165) is 46.8 Å². The maximum atomic E-state index is 6.33. The molecule has 1 aliphatic rings. The van der Waals surface area contributed by atoms with Crippen LogP contribution in [-0.2, 0) is 0 Å². The van der Waals surface area contributed by atoms with Gasteiger partial charge in [-0.05, 0) is 0 Å². The second kappa shape index (κ2) is 11.6. The van der Waals surface area contributed by atoms with Gasteiger partial charge in [-0.2, -0.15) is 0 Å². The molecular formula is C25H27N4O2PSe. The van der Waals surface area contributed by atoms with Crippen molar-refractivity contribution in [1.82, 2.24) is 5.32 Å². The molecule has 0 unspecified atom stereocenters. The SMILES string of the molecule is NCCNCP1(=[Se])COc2ccccc2C=Nc2ccccc2N=Cc2ccccc2OC1. The van der Waals surface area contributed by atoms with Crippen molar-refractivity contribution in [2.24, 2.45) is 15.7 Å². The van der Waals surface area contributed by atoms with Crippen LogP contribution in [0.4, 0.5) is 11.4 Å². The van der Waals surface area contributed by atoms with Crippen LogP contribution in [0.3, 0.4) is 0 Å². The van der Waals surface area contributed by atoms with E-state index in [-0.39, 0.29) is 0 Å². The van der Waals surface area contributed by atoms with Gasteiger partial charge in [0.25, 0.3) is 0 Å². The standard InChI is InChI=1S/C25H27N4O2PSe/c26-13-14-27-17-32(33)18-30-24-11-5-1-7-20(24)15-28-22-9-3-4-10-23(22)29-16-21-8-2-6-12-25(21)31-19-32/h1-12,15-16,27H,13-14,17-19,26H2. The fraction of sp³-hybridized carbons (Fsp3) is 0.200. The van der Waals surface area contributed by atoms with Crippen LogP contribution in [0.5, 0.6) is 11.5 Å². The van der Waals surface area contributed by atoms with E-state index < -0.39 is 5.51 Å². The first-order valence-electron chi connectivity index (χ1n) is 10.8. The molecule has 3 aromatic carbocycles. The number of nitrogens with zero attached hydrogens (tertiary/aromatic N) is 2. The topological polar surface area (TPSA) is 81.2 Å². The molecular weight excluding hydrogens is 498 g/mol. The van der Waals surface area contributed by atoms with Crippen molar-refractivity contribution < 1.29 is 9.47 Å². The van der Waals surface area contributed by atoms with E-state index in [0.29, 0.717) is 19.2 Å². The van der Waals surface area contributed by atoms with Crippen LogP contribution in [0.15, 0.2) is 82.8 Å². The molecule has 0 fully saturated rings. The first-order valence-corrected chi connectivity index (χ1v) is 15.3. The number of benzene rings is 3. The second-order valence-corrected chi connectivity index (χ2v) is 15.5. The predicted octanol–water partition coefficient (Wildman–Crippen LogP) is 4.48. The molecule has 0 amide bonds. The predicted molar refractivity (Wildman–Crippen MR) is 139 cm³/mol. The van der Waals surface area contributed by atoms with E-state index in [4.69, 9.17) is 25.2 Å². The zero-order chi connectivity index (χ0) is 22.9. The number of para-hydroxylation sites is 4. The Balaban J connectivity index is 1.74. The molecule has 0 saturated carbocycles. The first-order chi connectivity index (χ1) is 16.2. The third-order valence-electron chi connectivity index (χ3n) is 5.04. The molecule has 0 saturated heterocycles. The minimum atomic E-state index is -1.78. The van der Waals surface area contributed by atoms with Gasteiger partial charge in [0, 0.05) is 0 Å². The molecule has 1 aliphatic heterocycles. The van der Waals surface area contributed by atoms with E-state index in [1.807, 2.05) is 85.2 Å². The number of ether oxygens (including phenoxy) is 2. The molecule has 0 aromatic heterocycles. The number of aliphatic imine (C=N–C) groups is 2. The molecule has 3 aromatic rings. The van der Waals surface area contributed by atoms with Crippen molar-refractivity contribution in [2.45, 2.75) is 0 Å². The third-order valence-corrected chi connectivity index (χ3v) is 9.18. The molecule has 0 aliphatic carbocycles. The van der Waals surface area contributed by atoms with E-state index in [1.54, 1.807) is 0 Å². The average molecular weight is 525 g/mol. The van der Waals surface area contributed by atoms with Crippen molar-refractivity contribution in [3.05, 3.63) is 83.9 Å². The number of hydrogen-bond donors (Lipinski definition) is 2. The molecule has 33 heavy (non-hydrogen) atoms. The van der Waals surface area contributed by atoms with Crippen molar-refractivity contribution in [1.29, 1.82) is 0 Å². The van der Waals surface area contributed by atoms with E-state index in [9.17, 15) is 0 Å². The van der Waals surface area contributed by atoms with Crippen molar-refractivity contribution in [2.75, 3.05) is 32.1 Å². The molecule has 1 heterocycles. The fourth-order valence-corrected chi connectivity index (χ4v) is 6.10. The van der Waals surface area contributed by atoms with Crippen LogP contribution >= 0.6 is 5.51 Å². The van der Waals surface area contributed by atoms with Crippen LogP contribution in [0, 0.1) is 0 Å². The second-order valence-electron chi connectivity index (χ2n) is 7.63. The third kappa shape index (κ3) is 6.50. The number of fused-ring (bicyclic) bond motifs is 3. The average Bonchev–Trinajstić information content (AvgIpc) is 2.85. The van der Waals surface area contributed by atoms with Crippen LogP contribution in [-0.4, -0.2) is 59.6 Å². The van der Waals surface area contributed by atoms with Crippen molar-refractivity contribution >= 4 is 44.4 Å². The normalized spacial score (nSPS) is 18.0. The van der Waals surface area contributed by atoms with Gasteiger partial charge < -0.3 is 0 Å². The summed E-state index contributed by atoms with van der Waals surface area (Å²) < 4.78 is 12.7. The van der Waals surface area contributed by atoms with Crippen LogP contribution in [0.1, 0.15) is 11.1 Å². The Bertz CT molecular complexity index is 1110. The summed E-state index contributed by atoms with van der Waals surface area (Å²) in [6, 6.07) is 23.7. The Morgan fingerprint density at radius 3 is 1.79 bits per heavy atom. The summed E-state index contributed by atoms with van der Waals surface area (Å²) in [4.78, 5) is 9.44. The van der Waals surface area contributed by atoms with Gasteiger partial charge in [0.15, 0.2) is 0 Å². The minimum absolute atomic E-state index is 0.530. The van der Waals surface area contributed by atoms with E-state index in [2.05, 4.69) is 20.4 Å². The van der Waals surface area contributed by atoms with E-state index in [1.165, 1.54) is 0 Å². The van der Waals surface area contributed by atoms with Gasteiger partial charge in [0.2, 0.25) is 0 Å². The molecule has 0 radical (unpaired) electrons. The van der Waals surface area contributed by atoms with Gasteiger partial charge in [-0.3, -0.25) is 0 Å². The number of nitrogens with two attached hydrogens (primary N) is 1. The Morgan fingerprint density at radius 1 is 0.788 bits per heavy atom. The summed E-state index contributed by atoms with van der Waals surface area (Å²) in [5.41, 5.74) is 7.31. The van der Waals surface area contributed by atoms with Crippen LogP contribution in [0.2, 0.25) is 0 Å². The summed E-state index contributed by atoms with van der Waals surface area (Å²) >= 11 is 3.41. The zero-order valence-corrected chi connectivity index (χ0v) is 20.9. The van der Waals surface area contributed by atoms with Crippen LogP contribution in [0.25, 0.3) is 0 Å². The molecule has 3 N–H and O–H groups in total. The number of rotatable bonds is 4. The van der Waals surface area contributed by atoms with Crippen molar-refractivity contribution in [3.8, 4) is 11.5 Å². The monoisotopic (exact) mass is 526 g/mol. The van der Waals surface area contributed by atoms with E-state index >= 15 is 0 Å². The van der Waals surface area contributed by atoms with Gasteiger partial charge in [-0.1, -0.05) is 0 Å². The molecule has 0 bridgehead atoms. The van der Waals surface area contributed by atoms with Crippen molar-refractivity contribution in [3.63, 3.8) is 0 Å². The zero-order valence-electron chi connectivity index (χ0n) is 18.3. The van der Waals surface area contributed by atoms with Gasteiger partial charge in [0.05, 0.1) is 0 Å². The van der Waals surface area contributed by atoms with Gasteiger partial charge in [-0.25, -0.2) is 0 Å². The summed E-state index contributed by atoms with van der Waals surface area (Å²) in [6.07, 6.45) is 5.49.